The minimum absolute atomic E-state index is 0.138. The van der Waals surface area contributed by atoms with Crippen LogP contribution in [0.2, 0.25) is 5.02 Å². The van der Waals surface area contributed by atoms with Crippen molar-refractivity contribution >= 4 is 34.0 Å². The molecular formula is C20H16ClN5O3. The minimum atomic E-state index is -0.573. The normalized spacial score (nSPS) is 11.7. The van der Waals surface area contributed by atoms with Crippen LogP contribution in [0, 0.1) is 0 Å². The molecule has 146 valence electrons. The quantitative estimate of drug-likeness (QED) is 0.254. The number of fused-ring (bicyclic) bond motifs is 1. The molecule has 2 heterocycles. The number of aliphatic hydroxyl groups is 1. The van der Waals surface area contributed by atoms with Crippen LogP contribution in [-0.4, -0.2) is 43.6 Å². The maximum absolute atomic E-state index is 12.3. The van der Waals surface area contributed by atoms with Gasteiger partial charge in [0.05, 0.1) is 7.11 Å². The van der Waals surface area contributed by atoms with E-state index in [2.05, 4.69) is 25.6 Å². The molecule has 4 rings (SSSR count). The Morgan fingerprint density at radius 3 is 2.86 bits per heavy atom. The molecule has 0 saturated carbocycles. The number of nitrogens with one attached hydrogen (secondary N) is 2. The first-order chi connectivity index (χ1) is 14.1. The van der Waals surface area contributed by atoms with E-state index in [0.717, 1.165) is 22.9 Å². The third kappa shape index (κ3) is 3.70. The number of hydrogen-bond acceptors (Lipinski definition) is 6. The molecule has 0 bridgehead atoms. The van der Waals surface area contributed by atoms with Crippen LogP contribution < -0.4 is 4.74 Å². The summed E-state index contributed by atoms with van der Waals surface area (Å²) in [5.41, 5.74) is 2.89. The van der Waals surface area contributed by atoms with E-state index < -0.39 is 5.78 Å². The van der Waals surface area contributed by atoms with Gasteiger partial charge in [0.2, 0.25) is 11.6 Å². The van der Waals surface area contributed by atoms with Gasteiger partial charge in [-0.25, -0.2) is 0 Å². The number of methoxy groups -OCH3 is 1. The molecule has 0 aliphatic heterocycles. The Balaban J connectivity index is 1.83. The number of aromatic nitrogens is 5. The summed E-state index contributed by atoms with van der Waals surface area (Å²) in [4.78, 5) is 15.6. The topological polar surface area (TPSA) is 117 Å². The molecule has 0 spiro atoms. The van der Waals surface area contributed by atoms with Crippen LogP contribution in [0.4, 0.5) is 0 Å². The molecule has 0 unspecified atom stereocenters. The number of H-pyrrole nitrogens is 2. The number of tetrazole rings is 1. The zero-order chi connectivity index (χ0) is 20.4. The third-order valence-corrected chi connectivity index (χ3v) is 4.72. The van der Waals surface area contributed by atoms with Crippen LogP contribution in [0.25, 0.3) is 16.7 Å². The predicted octanol–water partition coefficient (Wildman–Crippen LogP) is 3.72. The molecule has 0 aliphatic carbocycles. The molecule has 0 atom stereocenters. The van der Waals surface area contributed by atoms with Crippen molar-refractivity contribution in [3.63, 3.8) is 0 Å². The average Bonchev–Trinajstić information content (AvgIpc) is 3.36. The predicted molar refractivity (Wildman–Crippen MR) is 108 cm³/mol. The number of nitrogens with zero attached hydrogens (tertiary/aromatic N) is 3. The summed E-state index contributed by atoms with van der Waals surface area (Å²) in [5, 5.41) is 24.9. The summed E-state index contributed by atoms with van der Waals surface area (Å²) >= 11 is 6.17. The Morgan fingerprint density at radius 1 is 1.28 bits per heavy atom. The van der Waals surface area contributed by atoms with Crippen molar-refractivity contribution in [2.24, 2.45) is 0 Å². The lowest BCUT2D eigenvalue weighted by atomic mass is 10.0. The summed E-state index contributed by atoms with van der Waals surface area (Å²) in [6.45, 7) is 0. The van der Waals surface area contributed by atoms with Gasteiger partial charge in [-0.05, 0) is 35.0 Å². The largest absolute Gasteiger partial charge is 0.507 e. The number of benzene rings is 2. The standard InChI is InChI=1S/C20H16ClN5O3/c1-29-18-5-3-2-4-11(18)8-15-19(13-9-12(21)6-7-14(13)22-15)16(27)10-17(28)20-23-25-26-24-20/h2-7,9-10,22,27H,8H2,1H3,(H,23,24,25,26)/b16-10+. The van der Waals surface area contributed by atoms with E-state index in [1.807, 2.05) is 30.3 Å². The zero-order valence-corrected chi connectivity index (χ0v) is 16.1. The van der Waals surface area contributed by atoms with Gasteiger partial charge < -0.3 is 14.8 Å². The number of allylic oxidation sites excluding steroid dienone is 1. The number of ketones is 1. The molecule has 3 N–H and O–H groups in total. The van der Waals surface area contributed by atoms with Crippen LogP contribution in [0.5, 0.6) is 5.75 Å². The highest BCUT2D eigenvalue weighted by Crippen LogP contribution is 2.32. The third-order valence-electron chi connectivity index (χ3n) is 4.49. The Kier molecular flexibility index (Phi) is 5.01. The molecule has 0 saturated heterocycles. The number of para-hydroxylation sites is 1. The number of aliphatic hydroxyl groups excluding tert-OH is 1. The second-order valence-corrected chi connectivity index (χ2v) is 6.72. The van der Waals surface area contributed by atoms with E-state index in [0.29, 0.717) is 28.1 Å². The molecule has 0 aliphatic rings. The molecule has 2 aromatic carbocycles. The number of rotatable bonds is 6. The van der Waals surface area contributed by atoms with Crippen molar-refractivity contribution in [2.75, 3.05) is 7.11 Å². The molecule has 8 nitrogen and oxygen atoms in total. The van der Waals surface area contributed by atoms with Gasteiger partial charge in [-0.2, -0.15) is 5.21 Å². The number of halogens is 1. The van der Waals surface area contributed by atoms with Crippen LogP contribution in [-0.2, 0) is 6.42 Å². The number of carbonyl (C=O) groups is 1. The Morgan fingerprint density at radius 2 is 2.10 bits per heavy atom. The Hall–Kier alpha value is -3.65. The highest BCUT2D eigenvalue weighted by atomic mass is 35.5. The maximum Gasteiger partial charge on any atom is 0.244 e. The van der Waals surface area contributed by atoms with Crippen molar-refractivity contribution in [1.82, 2.24) is 25.6 Å². The first-order valence-electron chi connectivity index (χ1n) is 8.67. The van der Waals surface area contributed by atoms with Crippen LogP contribution in [0.1, 0.15) is 27.4 Å². The first-order valence-corrected chi connectivity index (χ1v) is 9.05. The molecule has 2 aromatic heterocycles. The fourth-order valence-electron chi connectivity index (χ4n) is 3.21. The molecule has 0 fully saturated rings. The number of ether oxygens (including phenoxy) is 1. The molecule has 9 heteroatoms. The highest BCUT2D eigenvalue weighted by Gasteiger charge is 2.19. The lowest BCUT2D eigenvalue weighted by Gasteiger charge is -2.09. The monoisotopic (exact) mass is 409 g/mol. The van der Waals surface area contributed by atoms with Gasteiger partial charge in [0, 0.05) is 39.7 Å². The van der Waals surface area contributed by atoms with Gasteiger partial charge in [0.25, 0.3) is 0 Å². The minimum Gasteiger partial charge on any atom is -0.507 e. The summed E-state index contributed by atoms with van der Waals surface area (Å²) in [6.07, 6.45) is 1.51. The lowest BCUT2D eigenvalue weighted by molar-refractivity contribution is 0.103. The van der Waals surface area contributed by atoms with E-state index in [9.17, 15) is 9.90 Å². The molecule has 4 aromatic rings. The lowest BCUT2D eigenvalue weighted by Crippen LogP contribution is -2.01. The second kappa shape index (κ2) is 7.76. The smallest absolute Gasteiger partial charge is 0.244 e. The van der Waals surface area contributed by atoms with Gasteiger partial charge in [-0.15, -0.1) is 10.2 Å². The van der Waals surface area contributed by atoms with Crippen molar-refractivity contribution in [1.29, 1.82) is 0 Å². The van der Waals surface area contributed by atoms with E-state index in [1.165, 1.54) is 0 Å². The first kappa shape index (κ1) is 18.7. The fraction of sp³-hybridized carbons (Fsp3) is 0.100. The van der Waals surface area contributed by atoms with Crippen molar-refractivity contribution in [2.45, 2.75) is 6.42 Å². The molecule has 0 radical (unpaired) electrons. The Bertz CT molecular complexity index is 1210. The van der Waals surface area contributed by atoms with Crippen molar-refractivity contribution < 1.29 is 14.6 Å². The number of hydrogen-bond donors (Lipinski definition) is 3. The van der Waals surface area contributed by atoms with Gasteiger partial charge in [-0.3, -0.25) is 4.79 Å². The molecular weight excluding hydrogens is 394 g/mol. The van der Waals surface area contributed by atoms with E-state index in [1.54, 1.807) is 19.2 Å². The zero-order valence-electron chi connectivity index (χ0n) is 15.3. The van der Waals surface area contributed by atoms with Crippen molar-refractivity contribution in [3.05, 3.63) is 76.2 Å². The molecule has 0 amide bonds. The fourth-order valence-corrected chi connectivity index (χ4v) is 3.38. The summed E-state index contributed by atoms with van der Waals surface area (Å²) in [7, 11) is 1.60. The van der Waals surface area contributed by atoms with Crippen molar-refractivity contribution in [3.8, 4) is 5.75 Å². The average molecular weight is 410 g/mol. The highest BCUT2D eigenvalue weighted by molar-refractivity contribution is 6.31. The van der Waals surface area contributed by atoms with Gasteiger partial charge >= 0.3 is 0 Å². The summed E-state index contributed by atoms with van der Waals surface area (Å²) < 4.78 is 5.43. The van der Waals surface area contributed by atoms with Crippen LogP contribution in [0.15, 0.2) is 48.5 Å². The summed E-state index contributed by atoms with van der Waals surface area (Å²) in [6, 6.07) is 12.9. The van der Waals surface area contributed by atoms with E-state index >= 15 is 0 Å². The van der Waals surface area contributed by atoms with Gasteiger partial charge in [-0.1, -0.05) is 29.8 Å². The van der Waals surface area contributed by atoms with Gasteiger partial charge in [0.15, 0.2) is 0 Å². The number of aromatic amines is 2. The van der Waals surface area contributed by atoms with E-state index in [4.69, 9.17) is 16.3 Å². The second-order valence-electron chi connectivity index (χ2n) is 6.29. The van der Waals surface area contributed by atoms with Crippen LogP contribution in [0.3, 0.4) is 0 Å². The van der Waals surface area contributed by atoms with E-state index in [-0.39, 0.29) is 11.6 Å². The number of carbonyl (C=O) groups excluding carboxylic acids is 1. The molecule has 29 heavy (non-hydrogen) atoms. The van der Waals surface area contributed by atoms with Gasteiger partial charge in [0.1, 0.15) is 11.5 Å². The summed E-state index contributed by atoms with van der Waals surface area (Å²) in [5.74, 6) is -0.212. The SMILES string of the molecule is COc1ccccc1Cc1[nH]c2ccc(Cl)cc2c1/C(O)=C\C(=O)c1nn[nH]n1. The maximum atomic E-state index is 12.3. The van der Waals surface area contributed by atoms with Crippen LogP contribution >= 0.6 is 11.6 Å². The Labute approximate surface area is 170 Å².